The maximum Gasteiger partial charge on any atom is 0.416 e. The number of nitrogens with one attached hydrogen (secondary N) is 1. The summed E-state index contributed by atoms with van der Waals surface area (Å²) in [5.74, 6) is -0.191. The van der Waals surface area contributed by atoms with Crippen molar-refractivity contribution >= 4 is 5.91 Å². The molecular weight excluding hydrogens is 359 g/mol. The molecule has 0 atom stereocenters. The van der Waals surface area contributed by atoms with Crippen molar-refractivity contribution in [2.45, 2.75) is 12.7 Å². The summed E-state index contributed by atoms with van der Waals surface area (Å²) < 4.78 is 44.0. The first-order valence-corrected chi connectivity index (χ1v) is 7.91. The van der Waals surface area contributed by atoms with Gasteiger partial charge >= 0.3 is 6.18 Å². The summed E-state index contributed by atoms with van der Waals surface area (Å²) in [6.07, 6.45) is -0.00963. The second-order valence-electron chi connectivity index (χ2n) is 5.51. The highest BCUT2D eigenvalue weighted by Gasteiger charge is 2.30. The molecule has 5 nitrogen and oxygen atoms in total. The van der Waals surface area contributed by atoms with Crippen LogP contribution in [0.5, 0.6) is 11.6 Å². The molecule has 0 unspecified atom stereocenters. The van der Waals surface area contributed by atoms with Gasteiger partial charge < -0.3 is 10.1 Å². The molecule has 1 aromatic carbocycles. The highest BCUT2D eigenvalue weighted by atomic mass is 19.4. The summed E-state index contributed by atoms with van der Waals surface area (Å²) in [4.78, 5) is 20.0. The molecular formula is C19H14F3N3O2. The number of pyridine rings is 2. The second-order valence-corrected chi connectivity index (χ2v) is 5.51. The Morgan fingerprint density at radius 1 is 1.04 bits per heavy atom. The lowest BCUT2D eigenvalue weighted by Crippen LogP contribution is -2.23. The van der Waals surface area contributed by atoms with Crippen LogP contribution in [0.25, 0.3) is 0 Å². The molecule has 3 rings (SSSR count). The standard InChI is InChI=1S/C19H14F3N3O2/c20-19(21,22)15-4-1-5-16(11-15)27-18-14(3-2-8-24-18)12-25-17(26)13-6-9-23-10-7-13/h1-11H,12H2,(H,25,26). The molecule has 27 heavy (non-hydrogen) atoms. The summed E-state index contributed by atoms with van der Waals surface area (Å²) in [7, 11) is 0. The van der Waals surface area contributed by atoms with Crippen molar-refractivity contribution in [3.8, 4) is 11.6 Å². The van der Waals surface area contributed by atoms with Gasteiger partial charge in [-0.25, -0.2) is 4.98 Å². The first-order valence-electron chi connectivity index (χ1n) is 7.91. The van der Waals surface area contributed by atoms with E-state index in [9.17, 15) is 18.0 Å². The van der Waals surface area contributed by atoms with E-state index in [0.29, 0.717) is 11.1 Å². The molecule has 0 fully saturated rings. The van der Waals surface area contributed by atoms with Crippen LogP contribution in [-0.4, -0.2) is 15.9 Å². The largest absolute Gasteiger partial charge is 0.439 e. The van der Waals surface area contributed by atoms with Crippen LogP contribution in [0.2, 0.25) is 0 Å². The van der Waals surface area contributed by atoms with E-state index < -0.39 is 11.7 Å². The van der Waals surface area contributed by atoms with E-state index >= 15 is 0 Å². The maximum absolute atomic E-state index is 12.8. The van der Waals surface area contributed by atoms with E-state index in [2.05, 4.69) is 15.3 Å². The molecule has 2 heterocycles. The van der Waals surface area contributed by atoms with E-state index in [0.717, 1.165) is 12.1 Å². The average molecular weight is 373 g/mol. The van der Waals surface area contributed by atoms with Gasteiger partial charge in [-0.1, -0.05) is 12.1 Å². The maximum atomic E-state index is 12.8. The van der Waals surface area contributed by atoms with Gasteiger partial charge in [-0.3, -0.25) is 9.78 Å². The van der Waals surface area contributed by atoms with Crippen LogP contribution in [0.15, 0.2) is 67.1 Å². The number of carbonyl (C=O) groups is 1. The molecule has 2 aromatic heterocycles. The third-order valence-electron chi connectivity index (χ3n) is 3.61. The highest BCUT2D eigenvalue weighted by molar-refractivity contribution is 5.93. The molecule has 138 valence electrons. The molecule has 1 amide bonds. The fraction of sp³-hybridized carbons (Fsp3) is 0.105. The zero-order valence-electron chi connectivity index (χ0n) is 13.9. The van der Waals surface area contributed by atoms with E-state index in [1.54, 1.807) is 24.3 Å². The van der Waals surface area contributed by atoms with Gasteiger partial charge in [0.15, 0.2) is 0 Å². The molecule has 0 aliphatic carbocycles. The summed E-state index contributed by atoms with van der Waals surface area (Å²) in [5.41, 5.74) is 0.148. The van der Waals surface area contributed by atoms with Crippen molar-refractivity contribution < 1.29 is 22.7 Å². The number of alkyl halides is 3. The number of hydrogen-bond donors (Lipinski definition) is 1. The van der Waals surface area contributed by atoms with Gasteiger partial charge in [0.1, 0.15) is 5.75 Å². The third kappa shape index (κ3) is 4.81. The summed E-state index contributed by atoms with van der Waals surface area (Å²) in [5, 5.41) is 2.71. The Hall–Kier alpha value is -3.42. The van der Waals surface area contributed by atoms with Gasteiger partial charge in [0.2, 0.25) is 5.88 Å². The zero-order valence-corrected chi connectivity index (χ0v) is 13.9. The number of nitrogens with zero attached hydrogens (tertiary/aromatic N) is 2. The fourth-order valence-corrected chi connectivity index (χ4v) is 2.28. The number of carbonyl (C=O) groups excluding carboxylic acids is 1. The first-order chi connectivity index (χ1) is 12.9. The quantitative estimate of drug-likeness (QED) is 0.727. The number of hydrogen-bond acceptors (Lipinski definition) is 4. The predicted molar refractivity (Wildman–Crippen MR) is 91.2 cm³/mol. The molecule has 0 saturated heterocycles. The van der Waals surface area contributed by atoms with Crippen LogP contribution in [0, 0.1) is 0 Å². The van der Waals surface area contributed by atoms with Crippen molar-refractivity contribution in [3.05, 3.63) is 83.8 Å². The van der Waals surface area contributed by atoms with Crippen LogP contribution in [0.3, 0.4) is 0 Å². The van der Waals surface area contributed by atoms with Crippen molar-refractivity contribution in [2.75, 3.05) is 0 Å². The molecule has 3 aromatic rings. The molecule has 0 aliphatic rings. The lowest BCUT2D eigenvalue weighted by Gasteiger charge is -2.12. The Labute approximate surface area is 152 Å². The number of aromatic nitrogens is 2. The topological polar surface area (TPSA) is 64.1 Å². The molecule has 0 bridgehead atoms. The number of benzene rings is 1. The SMILES string of the molecule is O=C(NCc1cccnc1Oc1cccc(C(F)(F)F)c1)c1ccncc1. The van der Waals surface area contributed by atoms with Crippen LogP contribution >= 0.6 is 0 Å². The lowest BCUT2D eigenvalue weighted by atomic mass is 10.2. The van der Waals surface area contributed by atoms with Crippen molar-refractivity contribution in [3.63, 3.8) is 0 Å². The smallest absolute Gasteiger partial charge is 0.416 e. The van der Waals surface area contributed by atoms with Crippen LogP contribution in [0.4, 0.5) is 13.2 Å². The normalized spacial score (nSPS) is 11.1. The molecule has 0 saturated carbocycles. The van der Waals surface area contributed by atoms with Crippen LogP contribution in [-0.2, 0) is 12.7 Å². The van der Waals surface area contributed by atoms with Gasteiger partial charge in [-0.05, 0) is 36.4 Å². The van der Waals surface area contributed by atoms with Gasteiger partial charge in [0.05, 0.1) is 5.56 Å². The Kier molecular flexibility index (Phi) is 5.35. The minimum absolute atomic E-state index is 0.00485. The van der Waals surface area contributed by atoms with Crippen molar-refractivity contribution in [2.24, 2.45) is 0 Å². The van der Waals surface area contributed by atoms with E-state index in [4.69, 9.17) is 4.74 Å². The predicted octanol–water partition coefficient (Wildman–Crippen LogP) is 4.22. The monoisotopic (exact) mass is 373 g/mol. The molecule has 0 spiro atoms. The molecule has 8 heteroatoms. The summed E-state index contributed by atoms with van der Waals surface area (Å²) in [6, 6.07) is 11.0. The van der Waals surface area contributed by atoms with Gasteiger partial charge in [0, 0.05) is 36.3 Å². The first kappa shape index (κ1) is 18.4. The lowest BCUT2D eigenvalue weighted by molar-refractivity contribution is -0.137. The number of ether oxygens (including phenoxy) is 1. The number of amides is 1. The molecule has 0 radical (unpaired) electrons. The van der Waals surface area contributed by atoms with Gasteiger partial charge in [-0.2, -0.15) is 13.2 Å². The molecule has 1 N–H and O–H groups in total. The minimum Gasteiger partial charge on any atom is -0.439 e. The van der Waals surface area contributed by atoms with Gasteiger partial charge in [0.25, 0.3) is 5.91 Å². The molecule has 0 aliphatic heterocycles. The summed E-state index contributed by atoms with van der Waals surface area (Å²) in [6.45, 7) is 0.100. The Balaban J connectivity index is 1.74. The van der Waals surface area contributed by atoms with Crippen molar-refractivity contribution in [1.82, 2.24) is 15.3 Å². The Bertz CT molecular complexity index is 931. The fourth-order valence-electron chi connectivity index (χ4n) is 2.28. The second kappa shape index (κ2) is 7.86. The average Bonchev–Trinajstić information content (AvgIpc) is 2.67. The highest BCUT2D eigenvalue weighted by Crippen LogP contribution is 2.32. The third-order valence-corrected chi connectivity index (χ3v) is 3.61. The van der Waals surface area contributed by atoms with Gasteiger partial charge in [-0.15, -0.1) is 0 Å². The van der Waals surface area contributed by atoms with E-state index in [1.807, 2.05) is 0 Å². The number of halogens is 3. The zero-order chi connectivity index (χ0) is 19.3. The summed E-state index contributed by atoms with van der Waals surface area (Å²) >= 11 is 0. The van der Waals surface area contributed by atoms with Crippen molar-refractivity contribution in [1.29, 1.82) is 0 Å². The van der Waals surface area contributed by atoms with Crippen LogP contribution in [0.1, 0.15) is 21.5 Å². The Morgan fingerprint density at radius 2 is 1.81 bits per heavy atom. The van der Waals surface area contributed by atoms with E-state index in [1.165, 1.54) is 30.7 Å². The number of rotatable bonds is 5. The van der Waals surface area contributed by atoms with E-state index in [-0.39, 0.29) is 24.1 Å². The minimum atomic E-state index is -4.47. The Morgan fingerprint density at radius 3 is 2.56 bits per heavy atom. The van der Waals surface area contributed by atoms with Crippen LogP contribution < -0.4 is 10.1 Å².